The molecule has 2 heterocycles. The van der Waals surface area contributed by atoms with Crippen molar-refractivity contribution in [3.05, 3.63) is 42.6 Å². The topological polar surface area (TPSA) is 73.6 Å². The summed E-state index contributed by atoms with van der Waals surface area (Å²) in [5.41, 5.74) is 0. The van der Waals surface area contributed by atoms with E-state index in [9.17, 15) is 4.79 Å². The molecule has 3 rings (SSSR count). The Labute approximate surface area is 115 Å². The number of hydrogen-bond donors (Lipinski definition) is 1. The summed E-state index contributed by atoms with van der Waals surface area (Å²) < 4.78 is 16.3. The molecule has 0 bridgehead atoms. The fourth-order valence-corrected chi connectivity index (χ4v) is 1.97. The first-order valence-corrected chi connectivity index (χ1v) is 6.38. The van der Waals surface area contributed by atoms with Gasteiger partial charge in [0.1, 0.15) is 12.7 Å². The molecule has 0 fully saturated rings. The molecule has 1 N–H and O–H groups in total. The molecule has 1 aliphatic rings. The molecule has 1 unspecified atom stereocenters. The number of ether oxygens (including phenoxy) is 2. The van der Waals surface area contributed by atoms with Gasteiger partial charge in [-0.05, 0) is 12.1 Å². The van der Waals surface area contributed by atoms with E-state index >= 15 is 0 Å². The highest BCUT2D eigenvalue weighted by Gasteiger charge is 2.20. The molecule has 1 aromatic heterocycles. The van der Waals surface area contributed by atoms with Crippen LogP contribution in [0.4, 0.5) is 0 Å². The van der Waals surface area contributed by atoms with Crippen LogP contribution in [-0.2, 0) is 0 Å². The Bertz CT molecular complexity index is 583. The van der Waals surface area contributed by atoms with Crippen molar-refractivity contribution in [1.82, 2.24) is 10.3 Å². The summed E-state index contributed by atoms with van der Waals surface area (Å²) in [6, 6.07) is 7.54. The second-order valence-corrected chi connectivity index (χ2v) is 4.41. The third-order valence-electron chi connectivity index (χ3n) is 2.98. The third-order valence-corrected chi connectivity index (χ3v) is 2.98. The van der Waals surface area contributed by atoms with Gasteiger partial charge in [0, 0.05) is 13.0 Å². The van der Waals surface area contributed by atoms with Crippen molar-refractivity contribution in [2.45, 2.75) is 12.5 Å². The number of carbonyl (C=O) groups excluding carboxylic acids is 1. The van der Waals surface area contributed by atoms with Crippen LogP contribution in [0, 0.1) is 0 Å². The standard InChI is InChI=1S/C14H14N2O4/c17-14(13-7-15-9-19-13)16-6-5-10-8-18-11-3-1-2-4-12(11)20-10/h1-4,7,9-10H,5-6,8H2,(H,16,17). The summed E-state index contributed by atoms with van der Waals surface area (Å²) in [5, 5.41) is 2.75. The Balaban J connectivity index is 1.47. The summed E-state index contributed by atoms with van der Waals surface area (Å²) in [7, 11) is 0. The largest absolute Gasteiger partial charge is 0.486 e. The van der Waals surface area contributed by atoms with Crippen molar-refractivity contribution < 1.29 is 18.7 Å². The molecule has 1 aliphatic heterocycles. The Kier molecular flexibility index (Phi) is 3.54. The van der Waals surface area contributed by atoms with Crippen LogP contribution in [0.3, 0.4) is 0 Å². The number of benzene rings is 1. The van der Waals surface area contributed by atoms with E-state index in [0.717, 1.165) is 11.5 Å². The van der Waals surface area contributed by atoms with Gasteiger partial charge in [0.2, 0.25) is 5.76 Å². The molecule has 1 atom stereocenters. The predicted molar refractivity (Wildman–Crippen MR) is 69.8 cm³/mol. The number of carbonyl (C=O) groups is 1. The minimum absolute atomic E-state index is 0.0695. The summed E-state index contributed by atoms with van der Waals surface area (Å²) in [5.74, 6) is 1.43. The van der Waals surface area contributed by atoms with E-state index in [-0.39, 0.29) is 17.8 Å². The lowest BCUT2D eigenvalue weighted by molar-refractivity contribution is 0.0804. The quantitative estimate of drug-likeness (QED) is 0.917. The number of nitrogens with one attached hydrogen (secondary N) is 1. The molecule has 1 aromatic carbocycles. The fourth-order valence-electron chi connectivity index (χ4n) is 1.97. The molecule has 6 nitrogen and oxygen atoms in total. The molecular formula is C14H14N2O4. The van der Waals surface area contributed by atoms with Crippen molar-refractivity contribution in [1.29, 1.82) is 0 Å². The minimum Gasteiger partial charge on any atom is -0.486 e. The molecule has 6 heteroatoms. The smallest absolute Gasteiger partial charge is 0.288 e. The van der Waals surface area contributed by atoms with Gasteiger partial charge >= 0.3 is 0 Å². The van der Waals surface area contributed by atoms with Crippen LogP contribution < -0.4 is 14.8 Å². The van der Waals surface area contributed by atoms with E-state index in [1.807, 2.05) is 24.3 Å². The average molecular weight is 274 g/mol. The first-order chi connectivity index (χ1) is 9.83. The number of fused-ring (bicyclic) bond motifs is 1. The molecule has 0 radical (unpaired) electrons. The molecule has 0 aliphatic carbocycles. The zero-order valence-corrected chi connectivity index (χ0v) is 10.7. The number of para-hydroxylation sites is 2. The van der Waals surface area contributed by atoms with Gasteiger partial charge in [-0.25, -0.2) is 4.98 Å². The number of oxazole rings is 1. The maximum atomic E-state index is 11.6. The summed E-state index contributed by atoms with van der Waals surface area (Å²) in [4.78, 5) is 15.3. The second kappa shape index (κ2) is 5.64. The lowest BCUT2D eigenvalue weighted by Gasteiger charge is -2.26. The number of amides is 1. The molecular weight excluding hydrogens is 260 g/mol. The Morgan fingerprint density at radius 1 is 1.35 bits per heavy atom. The van der Waals surface area contributed by atoms with Gasteiger partial charge in [-0.3, -0.25) is 4.79 Å². The maximum Gasteiger partial charge on any atom is 0.288 e. The van der Waals surface area contributed by atoms with Gasteiger partial charge < -0.3 is 19.2 Å². The van der Waals surface area contributed by atoms with Crippen molar-refractivity contribution in [3.63, 3.8) is 0 Å². The van der Waals surface area contributed by atoms with Crippen LogP contribution in [0.25, 0.3) is 0 Å². The van der Waals surface area contributed by atoms with E-state index in [0.29, 0.717) is 19.6 Å². The molecule has 0 saturated carbocycles. The number of hydrogen-bond acceptors (Lipinski definition) is 5. The molecule has 2 aromatic rings. The van der Waals surface area contributed by atoms with Gasteiger partial charge in [-0.2, -0.15) is 0 Å². The lowest BCUT2D eigenvalue weighted by Crippen LogP contribution is -2.34. The molecule has 0 spiro atoms. The number of rotatable bonds is 4. The fraction of sp³-hybridized carbons (Fsp3) is 0.286. The van der Waals surface area contributed by atoms with E-state index in [4.69, 9.17) is 13.9 Å². The Hall–Kier alpha value is -2.50. The van der Waals surface area contributed by atoms with Gasteiger partial charge in [-0.1, -0.05) is 12.1 Å². The first-order valence-electron chi connectivity index (χ1n) is 6.38. The summed E-state index contributed by atoms with van der Waals surface area (Å²) in [6.07, 6.45) is 3.20. The van der Waals surface area contributed by atoms with Crippen molar-refractivity contribution in [2.75, 3.05) is 13.2 Å². The normalized spacial score (nSPS) is 16.7. The maximum absolute atomic E-state index is 11.6. The van der Waals surface area contributed by atoms with Crippen LogP contribution in [0.1, 0.15) is 17.0 Å². The Morgan fingerprint density at radius 3 is 3.00 bits per heavy atom. The molecule has 20 heavy (non-hydrogen) atoms. The highest BCUT2D eigenvalue weighted by atomic mass is 16.6. The monoisotopic (exact) mass is 274 g/mol. The van der Waals surface area contributed by atoms with E-state index < -0.39 is 0 Å². The van der Waals surface area contributed by atoms with Gasteiger partial charge in [0.25, 0.3) is 5.91 Å². The summed E-state index contributed by atoms with van der Waals surface area (Å²) in [6.45, 7) is 0.963. The molecule has 104 valence electrons. The molecule has 0 saturated heterocycles. The highest BCUT2D eigenvalue weighted by molar-refractivity contribution is 5.90. The predicted octanol–water partition coefficient (Wildman–Crippen LogP) is 1.63. The average Bonchev–Trinajstić information content (AvgIpc) is 3.01. The minimum atomic E-state index is -0.278. The van der Waals surface area contributed by atoms with Crippen LogP contribution in [0.5, 0.6) is 11.5 Å². The van der Waals surface area contributed by atoms with E-state index in [1.54, 1.807) is 0 Å². The second-order valence-electron chi connectivity index (χ2n) is 4.41. The van der Waals surface area contributed by atoms with Gasteiger partial charge in [0.05, 0.1) is 6.20 Å². The zero-order chi connectivity index (χ0) is 13.8. The van der Waals surface area contributed by atoms with Crippen LogP contribution >= 0.6 is 0 Å². The van der Waals surface area contributed by atoms with Crippen LogP contribution in [0.2, 0.25) is 0 Å². The van der Waals surface area contributed by atoms with E-state index in [1.165, 1.54) is 12.6 Å². The van der Waals surface area contributed by atoms with Crippen molar-refractivity contribution in [3.8, 4) is 11.5 Å². The lowest BCUT2D eigenvalue weighted by atomic mass is 10.2. The van der Waals surface area contributed by atoms with Crippen LogP contribution in [-0.4, -0.2) is 30.1 Å². The third kappa shape index (κ3) is 2.74. The highest BCUT2D eigenvalue weighted by Crippen LogP contribution is 2.31. The summed E-state index contributed by atoms with van der Waals surface area (Å²) >= 11 is 0. The first kappa shape index (κ1) is 12.5. The SMILES string of the molecule is O=C(NCCC1COc2ccccc2O1)c1cnco1. The van der Waals surface area contributed by atoms with Crippen molar-refractivity contribution >= 4 is 5.91 Å². The van der Waals surface area contributed by atoms with Crippen LogP contribution in [0.15, 0.2) is 41.3 Å². The van der Waals surface area contributed by atoms with Gasteiger partial charge in [-0.15, -0.1) is 0 Å². The van der Waals surface area contributed by atoms with E-state index in [2.05, 4.69) is 10.3 Å². The van der Waals surface area contributed by atoms with Crippen molar-refractivity contribution in [2.24, 2.45) is 0 Å². The number of nitrogens with zero attached hydrogens (tertiary/aromatic N) is 1. The molecule has 1 amide bonds. The number of aromatic nitrogens is 1. The Morgan fingerprint density at radius 2 is 2.20 bits per heavy atom. The van der Waals surface area contributed by atoms with Gasteiger partial charge in [0.15, 0.2) is 17.9 Å². The zero-order valence-electron chi connectivity index (χ0n) is 10.7.